The highest BCUT2D eigenvalue weighted by Gasteiger charge is 2.15. The van der Waals surface area contributed by atoms with Crippen LogP contribution in [0.4, 0.5) is 11.4 Å². The molecule has 1 rings (SSSR count). The number of nitro benzene ring substituents is 1. The molecular formula is C12H17N5O2S. The van der Waals surface area contributed by atoms with Gasteiger partial charge in [0, 0.05) is 32.3 Å². The molecule has 0 aliphatic rings. The normalized spacial score (nSPS) is 10.3. The molecule has 7 nitrogen and oxygen atoms in total. The predicted octanol–water partition coefficient (Wildman–Crippen LogP) is 1.48. The van der Waals surface area contributed by atoms with Gasteiger partial charge >= 0.3 is 0 Å². The molecule has 0 aromatic heterocycles. The first-order chi connectivity index (χ1) is 9.45. The molecule has 0 saturated heterocycles. The summed E-state index contributed by atoms with van der Waals surface area (Å²) in [5.41, 5.74) is 3.83. The van der Waals surface area contributed by atoms with E-state index in [9.17, 15) is 10.1 Å². The van der Waals surface area contributed by atoms with Crippen LogP contribution in [0.15, 0.2) is 23.3 Å². The molecule has 0 radical (unpaired) electrons. The van der Waals surface area contributed by atoms with Crippen LogP contribution in [-0.2, 0) is 0 Å². The maximum Gasteiger partial charge on any atom is 0.293 e. The zero-order valence-corrected chi connectivity index (χ0v) is 12.4. The largest absolute Gasteiger partial charge is 0.372 e. The van der Waals surface area contributed by atoms with E-state index < -0.39 is 4.92 Å². The molecule has 0 aliphatic heterocycles. The number of hydrogen-bond acceptors (Lipinski definition) is 5. The standard InChI is InChI=1S/C12H17N5O2S/c1-4-13-12(20)15-14-8-9-5-6-10(16(2)3)11(7-9)17(18)19/h5-8H,4H2,1-3H3,(H2,13,15,20)/b14-8-. The van der Waals surface area contributed by atoms with Gasteiger partial charge < -0.3 is 10.2 Å². The van der Waals surface area contributed by atoms with E-state index in [4.69, 9.17) is 12.2 Å². The molecule has 0 unspecified atom stereocenters. The maximum absolute atomic E-state index is 11.0. The number of hydrazone groups is 1. The van der Waals surface area contributed by atoms with E-state index in [2.05, 4.69) is 15.8 Å². The summed E-state index contributed by atoms with van der Waals surface area (Å²) in [5, 5.41) is 18.2. The van der Waals surface area contributed by atoms with Gasteiger partial charge in [0.05, 0.1) is 11.1 Å². The van der Waals surface area contributed by atoms with Crippen molar-refractivity contribution in [3.05, 3.63) is 33.9 Å². The third-order valence-corrected chi connectivity index (χ3v) is 2.63. The van der Waals surface area contributed by atoms with Gasteiger partial charge in [-0.3, -0.25) is 15.5 Å². The number of hydrogen-bond donors (Lipinski definition) is 2. The van der Waals surface area contributed by atoms with Gasteiger partial charge in [0.15, 0.2) is 5.11 Å². The minimum atomic E-state index is -0.413. The minimum absolute atomic E-state index is 0.0354. The lowest BCUT2D eigenvalue weighted by atomic mass is 10.2. The molecule has 8 heteroatoms. The van der Waals surface area contributed by atoms with Gasteiger partial charge in [-0.25, -0.2) is 0 Å². The Morgan fingerprint density at radius 3 is 2.80 bits per heavy atom. The lowest BCUT2D eigenvalue weighted by Crippen LogP contribution is -2.31. The van der Waals surface area contributed by atoms with Gasteiger partial charge in [-0.15, -0.1) is 0 Å². The Labute approximate surface area is 122 Å². The van der Waals surface area contributed by atoms with Crippen molar-refractivity contribution in [3.63, 3.8) is 0 Å². The Morgan fingerprint density at radius 1 is 1.55 bits per heavy atom. The fourth-order valence-corrected chi connectivity index (χ4v) is 1.71. The van der Waals surface area contributed by atoms with Crippen LogP contribution in [0.2, 0.25) is 0 Å². The second kappa shape index (κ2) is 7.39. The topological polar surface area (TPSA) is 82.8 Å². The molecule has 0 aliphatic carbocycles. The number of rotatable bonds is 5. The summed E-state index contributed by atoms with van der Waals surface area (Å²) in [7, 11) is 3.51. The fraction of sp³-hybridized carbons (Fsp3) is 0.333. The van der Waals surface area contributed by atoms with Crippen molar-refractivity contribution in [2.75, 3.05) is 25.5 Å². The zero-order valence-electron chi connectivity index (χ0n) is 11.6. The van der Waals surface area contributed by atoms with Crippen molar-refractivity contribution < 1.29 is 4.92 Å². The van der Waals surface area contributed by atoms with Crippen LogP contribution in [0, 0.1) is 10.1 Å². The third kappa shape index (κ3) is 4.47. The van der Waals surface area contributed by atoms with Crippen molar-refractivity contribution in [3.8, 4) is 0 Å². The average molecular weight is 295 g/mol. The number of nitro groups is 1. The quantitative estimate of drug-likeness (QED) is 0.370. The molecule has 108 valence electrons. The summed E-state index contributed by atoms with van der Waals surface area (Å²) in [6.45, 7) is 2.62. The third-order valence-electron chi connectivity index (χ3n) is 2.40. The SMILES string of the molecule is CCNC(=S)N/N=C\c1ccc(N(C)C)c([N+](=O)[O-])c1. The van der Waals surface area contributed by atoms with Crippen molar-refractivity contribution in [2.24, 2.45) is 5.10 Å². The maximum atomic E-state index is 11.0. The fourth-order valence-electron chi connectivity index (χ4n) is 1.51. The molecule has 0 amide bonds. The number of thiocarbonyl (C=S) groups is 1. The van der Waals surface area contributed by atoms with Gasteiger partial charge in [-0.05, 0) is 25.2 Å². The summed E-state index contributed by atoms with van der Waals surface area (Å²) < 4.78 is 0. The van der Waals surface area contributed by atoms with Crippen LogP contribution in [0.25, 0.3) is 0 Å². The smallest absolute Gasteiger partial charge is 0.293 e. The summed E-state index contributed by atoms with van der Waals surface area (Å²) in [6.07, 6.45) is 1.48. The van der Waals surface area contributed by atoms with Gasteiger partial charge in [-0.2, -0.15) is 5.10 Å². The summed E-state index contributed by atoms with van der Waals surface area (Å²) in [5.74, 6) is 0. The lowest BCUT2D eigenvalue weighted by Gasteiger charge is -2.12. The average Bonchev–Trinajstić information content (AvgIpc) is 2.38. The van der Waals surface area contributed by atoms with Gasteiger partial charge in [0.1, 0.15) is 5.69 Å². The predicted molar refractivity (Wildman–Crippen MR) is 84.4 cm³/mol. The van der Waals surface area contributed by atoms with Gasteiger partial charge in [-0.1, -0.05) is 6.07 Å². The van der Waals surface area contributed by atoms with Gasteiger partial charge in [0.2, 0.25) is 0 Å². The van der Waals surface area contributed by atoms with Crippen molar-refractivity contribution in [1.82, 2.24) is 10.7 Å². The van der Waals surface area contributed by atoms with E-state index in [0.29, 0.717) is 22.9 Å². The summed E-state index contributed by atoms with van der Waals surface area (Å²) >= 11 is 4.94. The number of anilines is 1. The summed E-state index contributed by atoms with van der Waals surface area (Å²) in [4.78, 5) is 12.3. The van der Waals surface area contributed by atoms with E-state index in [1.807, 2.05) is 6.92 Å². The monoisotopic (exact) mass is 295 g/mol. The Balaban J connectivity index is 2.87. The van der Waals surface area contributed by atoms with Crippen molar-refractivity contribution in [1.29, 1.82) is 0 Å². The molecule has 1 aromatic rings. The molecular weight excluding hydrogens is 278 g/mol. The van der Waals surface area contributed by atoms with Gasteiger partial charge in [0.25, 0.3) is 5.69 Å². The molecule has 2 N–H and O–H groups in total. The Morgan fingerprint density at radius 2 is 2.25 bits per heavy atom. The lowest BCUT2D eigenvalue weighted by molar-refractivity contribution is -0.384. The van der Waals surface area contributed by atoms with Crippen LogP contribution >= 0.6 is 12.2 Å². The van der Waals surface area contributed by atoms with Crippen LogP contribution in [0.5, 0.6) is 0 Å². The molecule has 0 saturated carbocycles. The number of nitrogens with zero attached hydrogens (tertiary/aromatic N) is 3. The summed E-state index contributed by atoms with van der Waals surface area (Å²) in [6, 6.07) is 4.91. The van der Waals surface area contributed by atoms with E-state index in [1.165, 1.54) is 12.3 Å². The molecule has 0 bridgehead atoms. The van der Waals surface area contributed by atoms with Crippen LogP contribution in [-0.4, -0.2) is 36.9 Å². The number of benzene rings is 1. The first-order valence-electron chi connectivity index (χ1n) is 5.98. The molecule has 20 heavy (non-hydrogen) atoms. The Bertz CT molecular complexity index is 531. The molecule has 0 fully saturated rings. The number of nitrogens with one attached hydrogen (secondary N) is 2. The van der Waals surface area contributed by atoms with Crippen LogP contribution < -0.4 is 15.6 Å². The first kappa shape index (κ1) is 15.8. The van der Waals surface area contributed by atoms with Crippen LogP contribution in [0.3, 0.4) is 0 Å². The second-order valence-corrected chi connectivity index (χ2v) is 4.54. The molecule has 0 atom stereocenters. The van der Waals surface area contributed by atoms with E-state index in [1.54, 1.807) is 31.1 Å². The first-order valence-corrected chi connectivity index (χ1v) is 6.39. The molecule has 1 aromatic carbocycles. The van der Waals surface area contributed by atoms with Crippen LogP contribution in [0.1, 0.15) is 12.5 Å². The Kier molecular flexibility index (Phi) is 5.85. The highest BCUT2D eigenvalue weighted by Crippen LogP contribution is 2.26. The van der Waals surface area contributed by atoms with E-state index in [-0.39, 0.29) is 5.69 Å². The Hall–Kier alpha value is -2.22. The second-order valence-electron chi connectivity index (χ2n) is 4.13. The highest BCUT2D eigenvalue weighted by atomic mass is 32.1. The highest BCUT2D eigenvalue weighted by molar-refractivity contribution is 7.80. The van der Waals surface area contributed by atoms with E-state index in [0.717, 1.165) is 0 Å². The van der Waals surface area contributed by atoms with E-state index >= 15 is 0 Å². The zero-order chi connectivity index (χ0) is 15.1. The minimum Gasteiger partial charge on any atom is -0.372 e. The molecule has 0 spiro atoms. The van der Waals surface area contributed by atoms with Crippen molar-refractivity contribution >= 4 is 34.9 Å². The molecule has 0 heterocycles. The van der Waals surface area contributed by atoms with Crippen molar-refractivity contribution in [2.45, 2.75) is 6.92 Å².